The topological polar surface area (TPSA) is 18.5 Å². The van der Waals surface area contributed by atoms with Gasteiger partial charge in [-0.05, 0) is 42.0 Å². The second kappa shape index (κ2) is 7.19. The summed E-state index contributed by atoms with van der Waals surface area (Å²) in [6.07, 6.45) is -4.39. The molecule has 3 nitrogen and oxygen atoms in total. The molecular formula is C17H15ClF3N3S. The average Bonchev–Trinajstić information content (AvgIpc) is 2.58. The lowest BCUT2D eigenvalue weighted by Crippen LogP contribution is -2.56. The van der Waals surface area contributed by atoms with E-state index in [1.54, 1.807) is 11.0 Å². The first kappa shape index (κ1) is 18.0. The van der Waals surface area contributed by atoms with Gasteiger partial charge >= 0.3 is 6.18 Å². The second-order valence-electron chi connectivity index (χ2n) is 5.68. The molecule has 1 aliphatic rings. The molecule has 0 saturated carbocycles. The van der Waals surface area contributed by atoms with Crippen molar-refractivity contribution in [3.8, 4) is 0 Å². The lowest BCUT2D eigenvalue weighted by molar-refractivity contribution is -0.137. The lowest BCUT2D eigenvalue weighted by Gasteiger charge is -2.38. The van der Waals surface area contributed by atoms with Gasteiger partial charge in [-0.3, -0.25) is 4.90 Å². The Morgan fingerprint density at radius 2 is 1.88 bits per heavy atom. The largest absolute Gasteiger partial charge is 0.416 e. The number of rotatable bonds is 3. The predicted octanol–water partition coefficient (Wildman–Crippen LogP) is 4.47. The summed E-state index contributed by atoms with van der Waals surface area (Å²) in [5.74, 6) is 0. The second-order valence-corrected chi connectivity index (χ2v) is 6.47. The van der Waals surface area contributed by atoms with Crippen LogP contribution in [0.4, 0.5) is 18.9 Å². The van der Waals surface area contributed by atoms with Crippen LogP contribution in [0.25, 0.3) is 0 Å². The highest BCUT2D eigenvalue weighted by Gasteiger charge is 2.31. The van der Waals surface area contributed by atoms with Crippen molar-refractivity contribution in [2.75, 3.05) is 18.2 Å². The number of nitrogens with one attached hydrogen (secondary N) is 1. The molecule has 1 saturated heterocycles. The molecule has 2 aromatic carbocycles. The highest BCUT2D eigenvalue weighted by molar-refractivity contribution is 7.80. The minimum absolute atomic E-state index is 0.373. The molecule has 0 amide bonds. The molecule has 0 radical (unpaired) electrons. The number of thiocarbonyl (C=S) groups is 1. The molecular weight excluding hydrogens is 371 g/mol. The summed E-state index contributed by atoms with van der Waals surface area (Å²) >= 11 is 11.5. The molecule has 132 valence electrons. The first-order valence-corrected chi connectivity index (χ1v) is 8.31. The minimum atomic E-state index is -4.39. The average molecular weight is 386 g/mol. The van der Waals surface area contributed by atoms with Crippen LogP contribution in [0.15, 0.2) is 48.5 Å². The molecule has 0 atom stereocenters. The summed E-state index contributed by atoms with van der Waals surface area (Å²) in [5.41, 5.74) is 0.648. The maximum atomic E-state index is 12.9. The lowest BCUT2D eigenvalue weighted by atomic mass is 10.2. The summed E-state index contributed by atoms with van der Waals surface area (Å²) in [6, 6.07) is 12.6. The van der Waals surface area contributed by atoms with E-state index >= 15 is 0 Å². The van der Waals surface area contributed by atoms with Crippen LogP contribution in [0.2, 0.25) is 5.02 Å². The van der Waals surface area contributed by atoms with Crippen LogP contribution in [0.5, 0.6) is 0 Å². The van der Waals surface area contributed by atoms with Crippen molar-refractivity contribution in [1.29, 1.82) is 0 Å². The maximum absolute atomic E-state index is 12.9. The van der Waals surface area contributed by atoms with E-state index in [1.165, 1.54) is 6.07 Å². The molecule has 0 aliphatic carbocycles. The third-order valence-corrected chi connectivity index (χ3v) is 4.61. The first-order valence-electron chi connectivity index (χ1n) is 7.53. The Hall–Kier alpha value is -1.83. The monoisotopic (exact) mass is 385 g/mol. The first-order chi connectivity index (χ1) is 11.8. The fraction of sp³-hybridized carbons (Fsp3) is 0.235. The number of anilines is 1. The van der Waals surface area contributed by atoms with E-state index in [0.717, 1.165) is 17.7 Å². The highest BCUT2D eigenvalue weighted by Crippen LogP contribution is 2.32. The van der Waals surface area contributed by atoms with Crippen LogP contribution in [0.1, 0.15) is 11.1 Å². The summed E-state index contributed by atoms with van der Waals surface area (Å²) < 4.78 is 38.8. The van der Waals surface area contributed by atoms with Gasteiger partial charge in [0.05, 0.1) is 18.9 Å². The quantitative estimate of drug-likeness (QED) is 0.785. The van der Waals surface area contributed by atoms with Crippen molar-refractivity contribution < 1.29 is 13.2 Å². The molecule has 0 spiro atoms. The van der Waals surface area contributed by atoms with Gasteiger partial charge < -0.3 is 10.2 Å². The van der Waals surface area contributed by atoms with E-state index in [1.807, 2.05) is 29.2 Å². The number of nitrogens with zero attached hydrogens (tertiary/aromatic N) is 2. The number of alkyl halides is 3. The smallest absolute Gasteiger partial charge is 0.349 e. The number of hydrogen-bond donors (Lipinski definition) is 1. The number of benzene rings is 2. The normalized spacial score (nSPS) is 16.0. The fourth-order valence-corrected chi connectivity index (χ4v) is 3.03. The molecule has 0 aromatic heterocycles. The van der Waals surface area contributed by atoms with Crippen LogP contribution < -0.4 is 10.2 Å². The zero-order valence-electron chi connectivity index (χ0n) is 13.1. The van der Waals surface area contributed by atoms with Crippen LogP contribution in [0.3, 0.4) is 0 Å². The van der Waals surface area contributed by atoms with Gasteiger partial charge in [-0.1, -0.05) is 35.9 Å². The van der Waals surface area contributed by atoms with Gasteiger partial charge in [0.15, 0.2) is 5.11 Å². The van der Waals surface area contributed by atoms with Crippen LogP contribution in [0, 0.1) is 0 Å². The Kier molecular flexibility index (Phi) is 5.17. The molecule has 1 fully saturated rings. The molecule has 25 heavy (non-hydrogen) atoms. The minimum Gasteiger partial charge on any atom is -0.349 e. The Bertz CT molecular complexity index is 782. The van der Waals surface area contributed by atoms with E-state index in [4.69, 9.17) is 23.8 Å². The summed E-state index contributed by atoms with van der Waals surface area (Å²) in [4.78, 5) is 3.65. The molecule has 1 N–H and O–H groups in total. The highest BCUT2D eigenvalue weighted by atomic mass is 35.5. The third kappa shape index (κ3) is 4.23. The summed E-state index contributed by atoms with van der Waals surface area (Å²) in [7, 11) is 0. The van der Waals surface area contributed by atoms with Crippen molar-refractivity contribution >= 4 is 34.6 Å². The SMILES string of the molecule is FC(F)(F)c1cccc(N2CN(Cc3ccccc3Cl)CNC2=S)c1. The van der Waals surface area contributed by atoms with E-state index in [0.29, 0.717) is 35.7 Å². The Morgan fingerprint density at radius 1 is 1.12 bits per heavy atom. The van der Waals surface area contributed by atoms with Crippen LogP contribution >= 0.6 is 23.8 Å². The van der Waals surface area contributed by atoms with Gasteiger partial charge in [-0.2, -0.15) is 13.2 Å². The molecule has 8 heteroatoms. The van der Waals surface area contributed by atoms with E-state index < -0.39 is 11.7 Å². The van der Waals surface area contributed by atoms with E-state index in [-0.39, 0.29) is 0 Å². The third-order valence-electron chi connectivity index (χ3n) is 3.88. The van der Waals surface area contributed by atoms with Crippen LogP contribution in [-0.2, 0) is 12.7 Å². The van der Waals surface area contributed by atoms with Crippen molar-refractivity contribution in [3.63, 3.8) is 0 Å². The molecule has 2 aromatic rings. The van der Waals surface area contributed by atoms with E-state index in [9.17, 15) is 13.2 Å². The zero-order valence-corrected chi connectivity index (χ0v) is 14.6. The Labute approximate surface area is 154 Å². The maximum Gasteiger partial charge on any atom is 0.416 e. The van der Waals surface area contributed by atoms with Gasteiger partial charge in [0.2, 0.25) is 0 Å². The number of hydrogen-bond acceptors (Lipinski definition) is 2. The molecule has 3 rings (SSSR count). The number of halogens is 4. The molecule has 0 unspecified atom stereocenters. The standard InChI is InChI=1S/C17H15ClF3N3S/c18-15-7-2-1-4-12(15)9-23-10-22-16(25)24(11-23)14-6-3-5-13(8-14)17(19,20)21/h1-8H,9-11H2,(H,22,25). The van der Waals surface area contributed by atoms with Gasteiger partial charge in [0.1, 0.15) is 0 Å². The van der Waals surface area contributed by atoms with Gasteiger partial charge in [-0.15, -0.1) is 0 Å². The Balaban J connectivity index is 1.80. The van der Waals surface area contributed by atoms with Crippen molar-refractivity contribution in [3.05, 3.63) is 64.7 Å². The summed E-state index contributed by atoms with van der Waals surface area (Å²) in [6.45, 7) is 1.43. The van der Waals surface area contributed by atoms with Crippen molar-refractivity contribution in [2.24, 2.45) is 0 Å². The van der Waals surface area contributed by atoms with Gasteiger partial charge in [0, 0.05) is 17.3 Å². The zero-order chi connectivity index (χ0) is 18.0. The molecule has 1 aliphatic heterocycles. The van der Waals surface area contributed by atoms with Gasteiger partial charge in [-0.25, -0.2) is 0 Å². The van der Waals surface area contributed by atoms with Crippen LogP contribution in [-0.4, -0.2) is 23.3 Å². The van der Waals surface area contributed by atoms with Crippen molar-refractivity contribution in [2.45, 2.75) is 12.7 Å². The van der Waals surface area contributed by atoms with Gasteiger partial charge in [0.25, 0.3) is 0 Å². The Morgan fingerprint density at radius 3 is 2.60 bits per heavy atom. The van der Waals surface area contributed by atoms with E-state index in [2.05, 4.69) is 5.32 Å². The fourth-order valence-electron chi connectivity index (χ4n) is 2.61. The summed E-state index contributed by atoms with van der Waals surface area (Å²) in [5, 5.41) is 4.09. The molecule has 1 heterocycles. The van der Waals surface area contributed by atoms with Crippen molar-refractivity contribution in [1.82, 2.24) is 10.2 Å². The predicted molar refractivity (Wildman–Crippen MR) is 96.4 cm³/mol. The molecule has 0 bridgehead atoms.